The average molecular weight is 481 g/mol. The number of carbonyl (C=O) groups is 2. The molecule has 1 N–H and O–H groups in total. The Morgan fingerprint density at radius 1 is 1.09 bits per heavy atom. The highest BCUT2D eigenvalue weighted by Gasteiger charge is 2.45. The van der Waals surface area contributed by atoms with Gasteiger partial charge in [0.1, 0.15) is 22.9 Å². The maximum absolute atomic E-state index is 14.6. The highest BCUT2D eigenvalue weighted by molar-refractivity contribution is 7.99. The zero-order valence-corrected chi connectivity index (χ0v) is 19.9. The van der Waals surface area contributed by atoms with E-state index in [2.05, 4.69) is 5.32 Å². The summed E-state index contributed by atoms with van der Waals surface area (Å²) < 4.78 is 25.2. The van der Waals surface area contributed by atoms with Crippen molar-refractivity contribution in [2.75, 3.05) is 25.3 Å². The number of nitrogens with zero attached hydrogens (tertiary/aromatic N) is 1. The van der Waals surface area contributed by atoms with E-state index in [0.29, 0.717) is 28.3 Å². The van der Waals surface area contributed by atoms with E-state index in [1.54, 1.807) is 62.6 Å². The second-order valence-corrected chi connectivity index (χ2v) is 9.08. The Labute approximate surface area is 202 Å². The highest BCUT2D eigenvalue weighted by Crippen LogP contribution is 2.38. The molecule has 1 aliphatic heterocycles. The summed E-state index contributed by atoms with van der Waals surface area (Å²) in [5.41, 5.74) is -0.0168. The maximum Gasteiger partial charge on any atom is 0.256 e. The fraction of sp³-hybridized carbons (Fsp3) is 0.231. The number of halogens is 1. The number of nitrogens with one attached hydrogen (secondary N) is 1. The van der Waals surface area contributed by atoms with Crippen LogP contribution in [0.25, 0.3) is 0 Å². The smallest absolute Gasteiger partial charge is 0.256 e. The molecule has 34 heavy (non-hydrogen) atoms. The van der Waals surface area contributed by atoms with E-state index < -0.39 is 17.3 Å². The van der Waals surface area contributed by atoms with Crippen molar-refractivity contribution in [3.05, 3.63) is 83.7 Å². The third-order valence-corrected chi connectivity index (χ3v) is 7.27. The van der Waals surface area contributed by atoms with Gasteiger partial charge in [-0.2, -0.15) is 0 Å². The van der Waals surface area contributed by atoms with Gasteiger partial charge in [0.15, 0.2) is 0 Å². The standard InChI is InChI=1S/C26H25FN2O4S/c1-26(25(31)28-21-13-12-18(32-2)14-22(21)33-3)16-34-23-11-7-5-9-19(23)24(30)29(26)15-17-8-4-6-10-20(17)27/h4-14H,15-16H2,1-3H3,(H,28,31). The molecule has 0 radical (unpaired) electrons. The van der Waals surface area contributed by atoms with Gasteiger partial charge < -0.3 is 19.7 Å². The first-order valence-electron chi connectivity index (χ1n) is 10.7. The van der Waals surface area contributed by atoms with Gasteiger partial charge >= 0.3 is 0 Å². The van der Waals surface area contributed by atoms with Crippen molar-refractivity contribution >= 4 is 29.3 Å². The van der Waals surface area contributed by atoms with E-state index in [0.717, 1.165) is 4.90 Å². The highest BCUT2D eigenvalue weighted by atomic mass is 32.2. The molecule has 3 aromatic carbocycles. The van der Waals surface area contributed by atoms with Gasteiger partial charge in [-0.25, -0.2) is 4.39 Å². The molecule has 1 atom stereocenters. The molecule has 0 aromatic heterocycles. The summed E-state index contributed by atoms with van der Waals surface area (Å²) in [5, 5.41) is 2.91. The number of rotatable bonds is 6. The molecule has 0 saturated heterocycles. The van der Waals surface area contributed by atoms with Crippen LogP contribution in [0.5, 0.6) is 11.5 Å². The molecule has 176 valence electrons. The minimum Gasteiger partial charge on any atom is -0.497 e. The molecule has 4 rings (SSSR count). The quantitative estimate of drug-likeness (QED) is 0.539. The van der Waals surface area contributed by atoms with Gasteiger partial charge in [-0.15, -0.1) is 11.8 Å². The molecule has 1 heterocycles. The fourth-order valence-electron chi connectivity index (χ4n) is 3.83. The summed E-state index contributed by atoms with van der Waals surface area (Å²) in [6, 6.07) is 18.6. The first-order valence-corrected chi connectivity index (χ1v) is 11.7. The normalized spacial score (nSPS) is 17.5. The summed E-state index contributed by atoms with van der Waals surface area (Å²) in [5.74, 6) is 0.129. The number of thioether (sulfide) groups is 1. The van der Waals surface area contributed by atoms with Gasteiger partial charge in [0.05, 0.1) is 25.5 Å². The monoisotopic (exact) mass is 480 g/mol. The molecule has 0 bridgehead atoms. The van der Waals surface area contributed by atoms with Crippen LogP contribution in [0, 0.1) is 5.82 Å². The Morgan fingerprint density at radius 3 is 2.56 bits per heavy atom. The fourth-order valence-corrected chi connectivity index (χ4v) is 5.03. The van der Waals surface area contributed by atoms with Crippen LogP contribution in [0.2, 0.25) is 0 Å². The SMILES string of the molecule is COc1ccc(NC(=O)C2(C)CSc3ccccc3C(=O)N2Cc2ccccc2F)c(OC)c1. The molecule has 0 aliphatic carbocycles. The molecule has 2 amide bonds. The van der Waals surface area contributed by atoms with Crippen molar-refractivity contribution in [2.24, 2.45) is 0 Å². The van der Waals surface area contributed by atoms with E-state index in [1.165, 1.54) is 29.8 Å². The van der Waals surface area contributed by atoms with Crippen molar-refractivity contribution in [1.82, 2.24) is 4.90 Å². The Balaban J connectivity index is 1.74. The zero-order chi connectivity index (χ0) is 24.3. The van der Waals surface area contributed by atoms with Crippen molar-refractivity contribution in [2.45, 2.75) is 23.9 Å². The molecule has 0 spiro atoms. The topological polar surface area (TPSA) is 67.9 Å². The van der Waals surface area contributed by atoms with Crippen molar-refractivity contribution in [1.29, 1.82) is 0 Å². The second-order valence-electron chi connectivity index (χ2n) is 8.06. The third kappa shape index (κ3) is 4.46. The van der Waals surface area contributed by atoms with Gasteiger partial charge in [-0.05, 0) is 37.3 Å². The first kappa shape index (κ1) is 23.6. The van der Waals surface area contributed by atoms with Crippen LogP contribution in [0.1, 0.15) is 22.8 Å². The van der Waals surface area contributed by atoms with E-state index in [1.807, 2.05) is 12.1 Å². The summed E-state index contributed by atoms with van der Waals surface area (Å²) in [4.78, 5) is 29.7. The molecule has 6 nitrogen and oxygen atoms in total. The van der Waals surface area contributed by atoms with Crippen molar-refractivity contribution in [3.8, 4) is 11.5 Å². The van der Waals surface area contributed by atoms with Crippen molar-refractivity contribution < 1.29 is 23.5 Å². The number of anilines is 1. The minimum absolute atomic E-state index is 0.0515. The van der Waals surface area contributed by atoms with Gasteiger partial charge in [-0.3, -0.25) is 9.59 Å². The van der Waals surface area contributed by atoms with E-state index >= 15 is 0 Å². The first-order chi connectivity index (χ1) is 16.4. The summed E-state index contributed by atoms with van der Waals surface area (Å²) in [6.45, 7) is 1.65. The largest absolute Gasteiger partial charge is 0.497 e. The van der Waals surface area contributed by atoms with Gasteiger partial charge in [-0.1, -0.05) is 30.3 Å². The van der Waals surface area contributed by atoms with E-state index in [9.17, 15) is 14.0 Å². The number of hydrogen-bond acceptors (Lipinski definition) is 5. The molecule has 1 unspecified atom stereocenters. The second kappa shape index (κ2) is 9.77. The van der Waals surface area contributed by atoms with Crippen LogP contribution in [-0.4, -0.2) is 42.2 Å². The lowest BCUT2D eigenvalue weighted by molar-refractivity contribution is -0.125. The Morgan fingerprint density at radius 2 is 1.82 bits per heavy atom. The lowest BCUT2D eigenvalue weighted by Crippen LogP contribution is -2.57. The predicted molar refractivity (Wildman–Crippen MR) is 130 cm³/mol. The van der Waals surface area contributed by atoms with Crippen LogP contribution in [0.4, 0.5) is 10.1 Å². The number of ether oxygens (including phenoxy) is 2. The number of fused-ring (bicyclic) bond motifs is 1. The average Bonchev–Trinajstić information content (AvgIpc) is 2.96. The Bertz CT molecular complexity index is 1230. The van der Waals surface area contributed by atoms with Crippen LogP contribution >= 0.6 is 11.8 Å². The molecule has 1 aliphatic rings. The van der Waals surface area contributed by atoms with E-state index in [-0.39, 0.29) is 18.2 Å². The van der Waals surface area contributed by atoms with Gasteiger partial charge in [0.25, 0.3) is 11.8 Å². The van der Waals surface area contributed by atoms with Gasteiger partial charge in [0, 0.05) is 28.8 Å². The predicted octanol–water partition coefficient (Wildman–Crippen LogP) is 4.99. The summed E-state index contributed by atoms with van der Waals surface area (Å²) in [7, 11) is 3.04. The Kier molecular flexibility index (Phi) is 6.79. The van der Waals surface area contributed by atoms with E-state index in [4.69, 9.17) is 9.47 Å². The van der Waals surface area contributed by atoms with Crippen LogP contribution in [0.3, 0.4) is 0 Å². The zero-order valence-electron chi connectivity index (χ0n) is 19.1. The molecule has 0 fully saturated rings. The molecular weight excluding hydrogens is 455 g/mol. The molecular formula is C26H25FN2O4S. The number of methoxy groups -OCH3 is 2. The lowest BCUT2D eigenvalue weighted by Gasteiger charge is -2.38. The summed E-state index contributed by atoms with van der Waals surface area (Å²) >= 11 is 1.43. The number of benzene rings is 3. The van der Waals surface area contributed by atoms with Crippen molar-refractivity contribution in [3.63, 3.8) is 0 Å². The Hall–Kier alpha value is -3.52. The molecule has 8 heteroatoms. The molecule has 0 saturated carbocycles. The van der Waals surface area contributed by atoms with Gasteiger partial charge in [0.2, 0.25) is 0 Å². The molecule has 3 aromatic rings. The van der Waals surface area contributed by atoms with Crippen LogP contribution < -0.4 is 14.8 Å². The number of hydrogen-bond donors (Lipinski definition) is 1. The minimum atomic E-state index is -1.28. The summed E-state index contributed by atoms with van der Waals surface area (Å²) in [6.07, 6.45) is 0. The maximum atomic E-state index is 14.6. The van der Waals surface area contributed by atoms with Crippen LogP contribution in [0.15, 0.2) is 71.6 Å². The third-order valence-electron chi connectivity index (χ3n) is 5.90. The number of carbonyl (C=O) groups excluding carboxylic acids is 2. The lowest BCUT2D eigenvalue weighted by atomic mass is 9.97. The van der Waals surface area contributed by atoms with Crippen LogP contribution in [-0.2, 0) is 11.3 Å². The number of amides is 2.